The fraction of sp³-hybridized carbons (Fsp3) is 0.100. The summed E-state index contributed by atoms with van der Waals surface area (Å²) >= 11 is 0. The molecule has 0 amide bonds. The molecular weight excluding hydrogens is 987 g/mol. The number of halogens is 6. The summed E-state index contributed by atoms with van der Waals surface area (Å²) in [7, 11) is -3.30. The first-order chi connectivity index (χ1) is 35.7. The van der Waals surface area contributed by atoms with Gasteiger partial charge in [0.25, 0.3) is 0 Å². The Bertz CT molecular complexity index is 2720. The number of hydrogen-bond acceptors (Lipinski definition) is 5. The Balaban J connectivity index is 0.000000167. The minimum Gasteiger partial charge on any atom is -0.860 e. The fourth-order valence-electron chi connectivity index (χ4n) is 8.82. The maximum absolute atomic E-state index is 12.3. The van der Waals surface area contributed by atoms with Crippen molar-refractivity contribution in [3.05, 3.63) is 271 Å². The number of alkyl halides is 6. The van der Waals surface area contributed by atoms with E-state index in [-0.39, 0.29) is 18.2 Å². The minimum atomic E-state index is -5.05. The van der Waals surface area contributed by atoms with Crippen LogP contribution in [0.25, 0.3) is 0 Å². The molecule has 0 aliphatic rings. The molecule has 0 aliphatic carbocycles. The first-order valence-corrected chi connectivity index (χ1v) is 27.3. The summed E-state index contributed by atoms with van der Waals surface area (Å²) in [6, 6.07) is 82.7. The number of rotatable bonds is 14. The third-order valence-electron chi connectivity index (χ3n) is 12.2. The molecule has 9 rings (SSSR count). The Kier molecular flexibility index (Phi) is 18.6. The highest BCUT2D eigenvalue weighted by atomic mass is 31.2. The molecule has 0 heterocycles. The summed E-state index contributed by atoms with van der Waals surface area (Å²) in [6.45, 7) is 0. The molecule has 0 fully saturated rings. The van der Waals surface area contributed by atoms with Crippen LogP contribution in [0.15, 0.2) is 249 Å². The van der Waals surface area contributed by atoms with Crippen molar-refractivity contribution in [2.24, 2.45) is 0 Å². The third-order valence-corrected chi connectivity index (χ3v) is 20.9. The van der Waals surface area contributed by atoms with Gasteiger partial charge in [-0.3, -0.25) is 0 Å². The molecule has 0 bridgehead atoms. The molecule has 9 aromatic carbocycles. The van der Waals surface area contributed by atoms with Gasteiger partial charge in [0.1, 0.15) is 77.5 Å². The third kappa shape index (κ3) is 13.3. The largest absolute Gasteiger partial charge is 0.860 e. The molecule has 5 nitrogen and oxygen atoms in total. The maximum Gasteiger partial charge on any atom is 0.416 e. The van der Waals surface area contributed by atoms with E-state index in [0.29, 0.717) is 0 Å². The van der Waals surface area contributed by atoms with Gasteiger partial charge in [-0.05, 0) is 103 Å². The van der Waals surface area contributed by atoms with Crippen LogP contribution in [0.5, 0.6) is 17.2 Å². The lowest BCUT2D eigenvalue weighted by Gasteiger charge is -2.28. The number of benzene rings is 9. The second-order valence-electron chi connectivity index (χ2n) is 16.7. The van der Waals surface area contributed by atoms with E-state index in [9.17, 15) is 36.4 Å². The van der Waals surface area contributed by atoms with Crippen molar-refractivity contribution in [3.63, 3.8) is 0 Å². The van der Waals surface area contributed by atoms with Crippen LogP contribution in [0.4, 0.5) is 26.3 Å². The van der Waals surface area contributed by atoms with E-state index in [1.807, 2.05) is 12.1 Å². The zero-order chi connectivity index (χ0) is 52.6. The minimum absolute atomic E-state index is 0.141. The molecular formula is C60H51BF6O5P2. The van der Waals surface area contributed by atoms with Crippen LogP contribution in [0.2, 0.25) is 0 Å². The van der Waals surface area contributed by atoms with Gasteiger partial charge in [-0.1, -0.05) is 146 Å². The molecule has 74 heavy (non-hydrogen) atoms. The van der Waals surface area contributed by atoms with E-state index in [2.05, 4.69) is 223 Å². The van der Waals surface area contributed by atoms with Crippen LogP contribution in [-0.2, 0) is 24.7 Å². The Morgan fingerprint density at radius 3 is 0.838 bits per heavy atom. The predicted octanol–water partition coefficient (Wildman–Crippen LogP) is 11.2. The van der Waals surface area contributed by atoms with E-state index in [4.69, 9.17) is 9.47 Å². The van der Waals surface area contributed by atoms with Crippen molar-refractivity contribution in [3.8, 4) is 17.2 Å². The Morgan fingerprint density at radius 2 is 0.608 bits per heavy atom. The Morgan fingerprint density at radius 1 is 0.365 bits per heavy atom. The second-order valence-corrected chi connectivity index (χ2v) is 23.7. The highest BCUT2D eigenvalue weighted by molar-refractivity contribution is 7.95. The topological polar surface area (TPSA) is 73.8 Å². The first-order valence-electron chi connectivity index (χ1n) is 23.3. The lowest BCUT2D eigenvalue weighted by Crippen LogP contribution is -2.50. The van der Waals surface area contributed by atoms with Gasteiger partial charge in [-0.15, -0.1) is 0 Å². The molecule has 0 N–H and O–H groups in total. The predicted molar refractivity (Wildman–Crippen MR) is 287 cm³/mol. The number of ether oxygens (including phenoxy) is 2. The van der Waals surface area contributed by atoms with E-state index in [1.54, 1.807) is 14.2 Å². The first kappa shape index (κ1) is 54.6. The van der Waals surface area contributed by atoms with Gasteiger partial charge in [0.2, 0.25) is 0 Å². The van der Waals surface area contributed by atoms with Gasteiger partial charge in [0, 0.05) is 11.1 Å². The molecule has 0 spiro atoms. The zero-order valence-electron chi connectivity index (χ0n) is 40.4. The van der Waals surface area contributed by atoms with Crippen molar-refractivity contribution in [2.45, 2.75) is 24.7 Å². The standard InChI is InChI=1S/2C26H24OP.C8H3BF6O3/c2*1-27-26-20-12-11-13-22(26)21-28(23-14-5-2-6-15-23,24-16-7-3-8-17-24)25-18-9-4-10-19-25;10-7(11,12)4-1-5(8(13,14)15)3-6(2-4)18-9(16)17/h2*2-20H,21H2,1H3;1-3H/q2*+1;-2. The second kappa shape index (κ2) is 25.2. The normalized spacial score (nSPS) is 11.5. The molecule has 0 aliphatic heterocycles. The van der Waals surface area contributed by atoms with Crippen molar-refractivity contribution in [1.82, 2.24) is 0 Å². The molecule has 0 atom stereocenters. The summed E-state index contributed by atoms with van der Waals surface area (Å²) in [4.78, 5) is 0. The van der Waals surface area contributed by atoms with Gasteiger partial charge in [-0.25, -0.2) is 0 Å². The van der Waals surface area contributed by atoms with Crippen molar-refractivity contribution in [1.29, 1.82) is 0 Å². The molecule has 0 radical (unpaired) electrons. The van der Waals surface area contributed by atoms with Crippen molar-refractivity contribution < 1.29 is 50.5 Å². The smallest absolute Gasteiger partial charge is 0.416 e. The average molecular weight is 1040 g/mol. The highest BCUT2D eigenvalue weighted by Gasteiger charge is 2.47. The van der Waals surface area contributed by atoms with Gasteiger partial charge in [0.05, 0.1) is 31.1 Å². The molecule has 0 saturated carbocycles. The number of hydrogen-bond donors (Lipinski definition) is 0. The summed E-state index contributed by atoms with van der Waals surface area (Å²) in [5.74, 6) is 0.830. The van der Waals surface area contributed by atoms with Crippen LogP contribution in [0.3, 0.4) is 0 Å². The molecule has 9 aromatic rings. The Hall–Kier alpha value is -7.20. The van der Waals surface area contributed by atoms with Gasteiger partial charge >= 0.3 is 12.4 Å². The van der Waals surface area contributed by atoms with Crippen LogP contribution >= 0.6 is 14.5 Å². The van der Waals surface area contributed by atoms with E-state index in [0.717, 1.165) is 23.8 Å². The molecule has 0 aromatic heterocycles. The number of methoxy groups -OCH3 is 2. The molecule has 0 unspecified atom stereocenters. The number of para-hydroxylation sites is 2. The SMILES string of the molecule is COc1ccccc1C[P+](c1ccccc1)(c1ccccc1)c1ccccc1.COc1ccccc1C[P+](c1ccccc1)(c1ccccc1)c1ccccc1.[O-]B([O-])Oc1cc(C(F)(F)F)cc(C(F)(F)F)c1. The summed E-state index contributed by atoms with van der Waals surface area (Å²) < 4.78 is 89.0. The van der Waals surface area contributed by atoms with Crippen molar-refractivity contribution in [2.75, 3.05) is 14.2 Å². The van der Waals surface area contributed by atoms with Crippen molar-refractivity contribution >= 4 is 53.7 Å². The summed E-state index contributed by atoms with van der Waals surface area (Å²) in [5, 5.41) is 28.5. The van der Waals surface area contributed by atoms with Gasteiger partial charge in [-0.2, -0.15) is 26.3 Å². The van der Waals surface area contributed by atoms with E-state index >= 15 is 0 Å². The van der Waals surface area contributed by atoms with E-state index < -0.39 is 51.1 Å². The molecule has 0 saturated heterocycles. The van der Waals surface area contributed by atoms with Crippen LogP contribution < -0.4 is 56.0 Å². The Labute approximate surface area is 429 Å². The summed E-state index contributed by atoms with van der Waals surface area (Å²) in [6.07, 6.45) is -8.26. The highest BCUT2D eigenvalue weighted by Crippen LogP contribution is 2.60. The lowest BCUT2D eigenvalue weighted by atomic mass is 10.1. The zero-order valence-corrected chi connectivity index (χ0v) is 42.2. The van der Waals surface area contributed by atoms with Gasteiger partial charge in [0.15, 0.2) is 0 Å². The monoisotopic (exact) mass is 1040 g/mol. The fourth-order valence-corrected chi connectivity index (χ4v) is 17.3. The molecule has 14 heteroatoms. The lowest BCUT2D eigenvalue weighted by molar-refractivity contribution is -0.372. The van der Waals surface area contributed by atoms with Crippen LogP contribution in [-0.4, -0.2) is 21.5 Å². The average Bonchev–Trinajstić information content (AvgIpc) is 3.43. The molecule has 376 valence electrons. The van der Waals surface area contributed by atoms with Gasteiger partial charge < -0.3 is 24.2 Å². The maximum atomic E-state index is 12.3. The van der Waals surface area contributed by atoms with E-state index in [1.165, 1.54) is 43.0 Å². The quantitative estimate of drug-likeness (QED) is 0.0616. The summed E-state index contributed by atoms with van der Waals surface area (Å²) in [5.41, 5.74) is -0.828. The van der Waals surface area contributed by atoms with Crippen LogP contribution in [0, 0.1) is 0 Å². The van der Waals surface area contributed by atoms with Crippen LogP contribution in [0.1, 0.15) is 22.3 Å².